The number of carboxylic acid groups (broad SMARTS) is 1. The van der Waals surface area contributed by atoms with Gasteiger partial charge in [0.2, 0.25) is 0 Å². The van der Waals surface area contributed by atoms with Crippen LogP contribution in [0.1, 0.15) is 10.5 Å². The van der Waals surface area contributed by atoms with Gasteiger partial charge in [0.25, 0.3) is 0 Å². The second kappa shape index (κ2) is 4.00. The minimum atomic E-state index is -1.14. The molecule has 0 bridgehead atoms. The van der Waals surface area contributed by atoms with Crippen LogP contribution in [0.3, 0.4) is 0 Å². The lowest BCUT2D eigenvalue weighted by Gasteiger charge is -1.96. The van der Waals surface area contributed by atoms with Crippen molar-refractivity contribution in [3.8, 4) is 5.69 Å². The van der Waals surface area contributed by atoms with Gasteiger partial charge in [-0.25, -0.2) is 9.78 Å². The summed E-state index contributed by atoms with van der Waals surface area (Å²) >= 11 is 0. The lowest BCUT2D eigenvalue weighted by Crippen LogP contribution is -2.02. The Hall–Kier alpha value is -2.77. The monoisotopic (exact) mass is 234 g/mol. The largest absolute Gasteiger partial charge is 0.477 e. The predicted octanol–water partition coefficient (Wildman–Crippen LogP) is 0.874. The van der Waals surface area contributed by atoms with Crippen molar-refractivity contribution in [3.05, 3.63) is 46.4 Å². The average Bonchev–Trinajstić information content (AvgIpc) is 2.78. The number of aromatic carboxylic acids is 1. The van der Waals surface area contributed by atoms with Crippen LogP contribution in [0.5, 0.6) is 0 Å². The van der Waals surface area contributed by atoms with Gasteiger partial charge in [-0.05, 0) is 17.1 Å². The lowest BCUT2D eigenvalue weighted by atomic mass is 10.3. The van der Waals surface area contributed by atoms with Gasteiger partial charge in [-0.2, -0.15) is 0 Å². The van der Waals surface area contributed by atoms with Crippen molar-refractivity contribution in [2.24, 2.45) is 0 Å². The number of aromatic nitrogens is 3. The fourth-order valence-corrected chi connectivity index (χ4v) is 1.20. The zero-order valence-electron chi connectivity index (χ0n) is 8.35. The molecule has 1 N–H and O–H groups in total. The van der Waals surface area contributed by atoms with Crippen LogP contribution in [0.4, 0.5) is 5.82 Å². The zero-order valence-corrected chi connectivity index (χ0v) is 8.35. The normalized spacial score (nSPS) is 10.1. The Morgan fingerprint density at radius 1 is 1.41 bits per heavy atom. The van der Waals surface area contributed by atoms with E-state index in [1.807, 2.05) is 0 Å². The molecule has 0 aliphatic carbocycles. The van der Waals surface area contributed by atoms with Gasteiger partial charge in [-0.15, -0.1) is 4.68 Å². The standard InChI is InChI=1S/C9H6N4O4/c14-9(15)7-2-1-6(5-10-7)12-4-3-8(11-12)13(16)17/h1-5H,(H,14,15). The molecule has 0 atom stereocenters. The van der Waals surface area contributed by atoms with Crippen molar-refractivity contribution in [2.45, 2.75) is 0 Å². The first kappa shape index (κ1) is 10.7. The number of nitrogens with zero attached hydrogens (tertiary/aromatic N) is 4. The number of pyridine rings is 1. The van der Waals surface area contributed by atoms with Crippen molar-refractivity contribution in [1.82, 2.24) is 14.8 Å². The van der Waals surface area contributed by atoms with Crippen LogP contribution in [0.15, 0.2) is 30.6 Å². The van der Waals surface area contributed by atoms with E-state index in [9.17, 15) is 14.9 Å². The molecule has 0 spiro atoms. The highest BCUT2D eigenvalue weighted by molar-refractivity contribution is 5.85. The first-order chi connectivity index (χ1) is 8.08. The summed E-state index contributed by atoms with van der Waals surface area (Å²) in [5.74, 6) is -1.42. The summed E-state index contributed by atoms with van der Waals surface area (Å²) in [4.78, 5) is 24.1. The van der Waals surface area contributed by atoms with E-state index in [-0.39, 0.29) is 11.5 Å². The summed E-state index contributed by atoms with van der Waals surface area (Å²) in [6.45, 7) is 0. The number of hydrogen-bond donors (Lipinski definition) is 1. The Balaban J connectivity index is 2.33. The van der Waals surface area contributed by atoms with Crippen LogP contribution in [-0.2, 0) is 0 Å². The summed E-state index contributed by atoms with van der Waals surface area (Å²) < 4.78 is 1.25. The average molecular weight is 234 g/mol. The molecule has 2 aromatic heterocycles. The molecular weight excluding hydrogens is 228 g/mol. The van der Waals surface area contributed by atoms with Gasteiger partial charge in [-0.3, -0.25) is 0 Å². The minimum Gasteiger partial charge on any atom is -0.477 e. The van der Waals surface area contributed by atoms with Crippen LogP contribution >= 0.6 is 0 Å². The number of nitro groups is 1. The highest BCUT2D eigenvalue weighted by atomic mass is 16.6. The van der Waals surface area contributed by atoms with Gasteiger partial charge >= 0.3 is 11.8 Å². The lowest BCUT2D eigenvalue weighted by molar-refractivity contribution is -0.389. The number of rotatable bonds is 3. The SMILES string of the molecule is O=C(O)c1ccc(-n2ccc([N+](=O)[O-])n2)cn1. The smallest absolute Gasteiger partial charge is 0.390 e. The molecule has 17 heavy (non-hydrogen) atoms. The first-order valence-corrected chi connectivity index (χ1v) is 4.48. The molecule has 2 heterocycles. The molecule has 0 aromatic carbocycles. The highest BCUT2D eigenvalue weighted by Gasteiger charge is 2.12. The Morgan fingerprint density at radius 3 is 2.65 bits per heavy atom. The van der Waals surface area contributed by atoms with Gasteiger partial charge in [0, 0.05) is 0 Å². The summed E-state index contributed by atoms with van der Waals surface area (Å²) in [5.41, 5.74) is 0.346. The third-order valence-corrected chi connectivity index (χ3v) is 1.99. The Kier molecular flexibility index (Phi) is 2.53. The maximum Gasteiger partial charge on any atom is 0.390 e. The molecule has 8 nitrogen and oxygen atoms in total. The molecule has 0 radical (unpaired) electrons. The minimum absolute atomic E-state index is 0.101. The Bertz CT molecular complexity index is 575. The molecule has 86 valence electrons. The van der Waals surface area contributed by atoms with Gasteiger partial charge in [0.1, 0.15) is 11.4 Å². The Labute approximate surface area is 94.3 Å². The quantitative estimate of drug-likeness (QED) is 0.623. The van der Waals surface area contributed by atoms with E-state index in [4.69, 9.17) is 5.11 Å². The number of carbonyl (C=O) groups is 1. The third kappa shape index (κ3) is 2.09. The van der Waals surface area contributed by atoms with Crippen molar-refractivity contribution < 1.29 is 14.8 Å². The maximum absolute atomic E-state index is 10.6. The van der Waals surface area contributed by atoms with Crippen LogP contribution < -0.4 is 0 Å². The zero-order chi connectivity index (χ0) is 12.4. The molecule has 0 aliphatic rings. The van der Waals surface area contributed by atoms with Crippen LogP contribution in [-0.4, -0.2) is 30.8 Å². The van der Waals surface area contributed by atoms with E-state index in [0.717, 1.165) is 0 Å². The van der Waals surface area contributed by atoms with Gasteiger partial charge in [-0.1, -0.05) is 0 Å². The second-order valence-corrected chi connectivity index (χ2v) is 3.08. The van der Waals surface area contributed by atoms with Crippen LogP contribution in [0, 0.1) is 10.1 Å². The molecule has 0 saturated heterocycles. The summed E-state index contributed by atoms with van der Waals surface area (Å²) in [7, 11) is 0. The molecule has 2 aromatic rings. The maximum atomic E-state index is 10.6. The molecule has 8 heteroatoms. The van der Waals surface area contributed by atoms with E-state index in [1.54, 1.807) is 0 Å². The van der Waals surface area contributed by atoms with Gasteiger partial charge < -0.3 is 15.2 Å². The third-order valence-electron chi connectivity index (χ3n) is 1.99. The topological polar surface area (TPSA) is 111 Å². The fraction of sp³-hybridized carbons (Fsp3) is 0. The summed E-state index contributed by atoms with van der Waals surface area (Å²) in [6.07, 6.45) is 2.68. The number of carboxylic acids is 1. The summed E-state index contributed by atoms with van der Waals surface area (Å²) in [5, 5.41) is 22.8. The molecule has 0 aliphatic heterocycles. The Morgan fingerprint density at radius 2 is 2.18 bits per heavy atom. The van der Waals surface area contributed by atoms with Crippen LogP contribution in [0.2, 0.25) is 0 Å². The van der Waals surface area contributed by atoms with Gasteiger partial charge in [0.15, 0.2) is 0 Å². The predicted molar refractivity (Wildman–Crippen MR) is 55.0 cm³/mol. The van der Waals surface area contributed by atoms with Crippen molar-refractivity contribution in [1.29, 1.82) is 0 Å². The van der Waals surface area contributed by atoms with Crippen molar-refractivity contribution in [2.75, 3.05) is 0 Å². The molecule has 2 rings (SSSR count). The molecule has 0 fully saturated rings. The molecule has 0 unspecified atom stereocenters. The van der Waals surface area contributed by atoms with Crippen molar-refractivity contribution in [3.63, 3.8) is 0 Å². The fourth-order valence-electron chi connectivity index (χ4n) is 1.20. The highest BCUT2D eigenvalue weighted by Crippen LogP contribution is 2.11. The van der Waals surface area contributed by atoms with E-state index >= 15 is 0 Å². The number of hydrogen-bond acceptors (Lipinski definition) is 5. The van der Waals surface area contributed by atoms with E-state index in [2.05, 4.69) is 10.1 Å². The second-order valence-electron chi connectivity index (χ2n) is 3.08. The van der Waals surface area contributed by atoms with E-state index in [0.29, 0.717) is 5.69 Å². The first-order valence-electron chi connectivity index (χ1n) is 4.48. The molecular formula is C9H6N4O4. The molecule has 0 saturated carbocycles. The van der Waals surface area contributed by atoms with Crippen molar-refractivity contribution >= 4 is 11.8 Å². The summed E-state index contributed by atoms with van der Waals surface area (Å²) in [6, 6.07) is 4.00. The van der Waals surface area contributed by atoms with Crippen LogP contribution in [0.25, 0.3) is 5.69 Å². The molecule has 0 amide bonds. The van der Waals surface area contributed by atoms with Gasteiger partial charge in [0.05, 0.1) is 23.6 Å². The van der Waals surface area contributed by atoms with E-state index < -0.39 is 10.9 Å². The van der Waals surface area contributed by atoms with E-state index in [1.165, 1.54) is 35.3 Å².